The quantitative estimate of drug-likeness (QED) is 0.496. The molecule has 1 aliphatic heterocycles. The van der Waals surface area contributed by atoms with Crippen molar-refractivity contribution >= 4 is 28.2 Å². The van der Waals surface area contributed by atoms with Crippen molar-refractivity contribution in [3.05, 3.63) is 41.9 Å². The van der Waals surface area contributed by atoms with Crippen molar-refractivity contribution in [3.8, 4) is 22.5 Å². The van der Waals surface area contributed by atoms with E-state index in [-0.39, 0.29) is 23.3 Å². The number of hydrogen-bond acceptors (Lipinski definition) is 7. The first-order chi connectivity index (χ1) is 14.7. The van der Waals surface area contributed by atoms with E-state index in [2.05, 4.69) is 20.1 Å². The predicted octanol–water partition coefficient (Wildman–Crippen LogP) is 2.20. The Balaban J connectivity index is 0.00000289. The summed E-state index contributed by atoms with van der Waals surface area (Å²) in [6.45, 7) is 5.09. The third-order valence-electron chi connectivity index (χ3n) is 5.55. The van der Waals surface area contributed by atoms with Crippen LogP contribution >= 0.6 is 12.4 Å². The van der Waals surface area contributed by atoms with Gasteiger partial charge < -0.3 is 11.1 Å². The van der Waals surface area contributed by atoms with Gasteiger partial charge in [0.2, 0.25) is 10.0 Å². The fourth-order valence-corrected chi connectivity index (χ4v) is 4.93. The van der Waals surface area contributed by atoms with E-state index in [1.54, 1.807) is 29.1 Å². The van der Waals surface area contributed by atoms with Crippen LogP contribution in [0.25, 0.3) is 22.5 Å². The summed E-state index contributed by atoms with van der Waals surface area (Å²) in [6.07, 6.45) is 5.45. The zero-order valence-corrected chi connectivity index (χ0v) is 19.9. The van der Waals surface area contributed by atoms with Gasteiger partial charge in [0.15, 0.2) is 0 Å². The molecule has 1 saturated heterocycles. The van der Waals surface area contributed by atoms with Gasteiger partial charge in [-0.3, -0.25) is 4.68 Å². The van der Waals surface area contributed by atoms with Crippen LogP contribution in [0, 0.1) is 13.8 Å². The number of nitrogens with zero attached hydrogens (tertiary/aromatic N) is 4. The first-order valence-electron chi connectivity index (χ1n) is 10.2. The van der Waals surface area contributed by atoms with Crippen LogP contribution in [0.5, 0.6) is 0 Å². The summed E-state index contributed by atoms with van der Waals surface area (Å²) in [5, 5.41) is 7.65. The lowest BCUT2D eigenvalue weighted by Gasteiger charge is -2.14. The van der Waals surface area contributed by atoms with Gasteiger partial charge in [-0.25, -0.2) is 23.1 Å². The molecule has 0 saturated carbocycles. The fraction of sp³-hybridized carbons (Fsp3) is 0.381. The van der Waals surface area contributed by atoms with Crippen LogP contribution in [0.2, 0.25) is 0 Å². The fourth-order valence-electron chi connectivity index (χ4n) is 3.83. The molecule has 3 aromatic rings. The molecule has 4 rings (SSSR count). The molecule has 1 aromatic carbocycles. The molecular formula is C21H28ClN7O2S. The van der Waals surface area contributed by atoms with Gasteiger partial charge in [-0.1, -0.05) is 6.07 Å². The SMILES string of the molecule is Cc1ccc(S(=O)(=O)NC[C@H]2CCCN2)cc1-c1cnc(N)c(-c2cn(C)nc2C)n1.Cl. The summed E-state index contributed by atoms with van der Waals surface area (Å²) in [6, 6.07) is 5.21. The van der Waals surface area contributed by atoms with Crippen molar-refractivity contribution < 1.29 is 8.42 Å². The molecule has 1 atom stereocenters. The number of rotatable bonds is 6. The number of anilines is 1. The maximum atomic E-state index is 12.9. The van der Waals surface area contributed by atoms with Crippen LogP contribution < -0.4 is 15.8 Å². The smallest absolute Gasteiger partial charge is 0.240 e. The van der Waals surface area contributed by atoms with Crippen molar-refractivity contribution in [1.29, 1.82) is 0 Å². The molecule has 0 aliphatic carbocycles. The number of benzene rings is 1. The summed E-state index contributed by atoms with van der Waals surface area (Å²) in [5.74, 6) is 0.298. The van der Waals surface area contributed by atoms with E-state index >= 15 is 0 Å². The molecule has 1 fully saturated rings. The molecule has 0 spiro atoms. The average molecular weight is 478 g/mol. The minimum absolute atomic E-state index is 0. The summed E-state index contributed by atoms with van der Waals surface area (Å²) in [5.41, 5.74) is 10.3. The van der Waals surface area contributed by atoms with Crippen molar-refractivity contribution in [1.82, 2.24) is 29.8 Å². The second kappa shape index (κ2) is 9.53. The lowest BCUT2D eigenvalue weighted by atomic mass is 10.1. The maximum Gasteiger partial charge on any atom is 0.240 e. The number of aryl methyl sites for hydroxylation is 3. The lowest BCUT2D eigenvalue weighted by Crippen LogP contribution is -2.37. The van der Waals surface area contributed by atoms with Crippen molar-refractivity contribution in [3.63, 3.8) is 0 Å². The van der Waals surface area contributed by atoms with E-state index in [0.717, 1.165) is 36.2 Å². The van der Waals surface area contributed by atoms with E-state index in [1.165, 1.54) is 0 Å². The van der Waals surface area contributed by atoms with E-state index in [0.29, 0.717) is 29.3 Å². The summed E-state index contributed by atoms with van der Waals surface area (Å²) >= 11 is 0. The van der Waals surface area contributed by atoms with Crippen LogP contribution in [0.15, 0.2) is 35.5 Å². The molecule has 0 unspecified atom stereocenters. The minimum atomic E-state index is -3.65. The second-order valence-corrected chi connectivity index (χ2v) is 9.68. The molecule has 0 radical (unpaired) electrons. The Morgan fingerprint density at radius 2 is 2.06 bits per heavy atom. The second-order valence-electron chi connectivity index (χ2n) is 7.91. The van der Waals surface area contributed by atoms with Gasteiger partial charge in [0.1, 0.15) is 11.5 Å². The standard InChI is InChI=1S/C21H27N7O2S.ClH/c1-13-6-7-16(31(29,30)25-10-15-5-4-8-23-15)9-17(13)19-11-24-21(22)20(26-19)18-12-28(3)27-14(18)2;/h6-7,9,11-12,15,23,25H,4-5,8,10H2,1-3H3,(H2,22,24);1H/t15-;/m1./s1. The Bertz CT molecular complexity index is 1220. The Labute approximate surface area is 194 Å². The highest BCUT2D eigenvalue weighted by atomic mass is 35.5. The topological polar surface area (TPSA) is 128 Å². The largest absolute Gasteiger partial charge is 0.382 e. The van der Waals surface area contributed by atoms with Crippen molar-refractivity contribution in [2.24, 2.45) is 7.05 Å². The van der Waals surface area contributed by atoms with Crippen LogP contribution in [-0.4, -0.2) is 47.3 Å². The number of aromatic nitrogens is 4. The van der Waals surface area contributed by atoms with Crippen LogP contribution in [-0.2, 0) is 17.1 Å². The number of nitrogens with one attached hydrogen (secondary N) is 2. The lowest BCUT2D eigenvalue weighted by molar-refractivity contribution is 0.552. The zero-order chi connectivity index (χ0) is 22.2. The van der Waals surface area contributed by atoms with Gasteiger partial charge in [-0.05, 0) is 50.9 Å². The number of hydrogen-bond donors (Lipinski definition) is 3. The Hall–Kier alpha value is -2.53. The van der Waals surface area contributed by atoms with Crippen molar-refractivity contribution in [2.75, 3.05) is 18.8 Å². The van der Waals surface area contributed by atoms with Crippen LogP contribution in [0.1, 0.15) is 24.1 Å². The molecule has 11 heteroatoms. The normalized spacial score (nSPS) is 16.2. The Morgan fingerprint density at radius 3 is 2.72 bits per heavy atom. The third-order valence-corrected chi connectivity index (χ3v) is 6.97. The van der Waals surface area contributed by atoms with Crippen LogP contribution in [0.4, 0.5) is 5.82 Å². The molecule has 3 heterocycles. The molecule has 172 valence electrons. The van der Waals surface area contributed by atoms with E-state index < -0.39 is 10.0 Å². The molecule has 0 bridgehead atoms. The van der Waals surface area contributed by atoms with E-state index in [9.17, 15) is 8.42 Å². The van der Waals surface area contributed by atoms with Gasteiger partial charge in [0.25, 0.3) is 0 Å². The molecule has 1 aliphatic rings. The highest BCUT2D eigenvalue weighted by Crippen LogP contribution is 2.30. The van der Waals surface area contributed by atoms with Gasteiger partial charge in [-0.2, -0.15) is 5.10 Å². The van der Waals surface area contributed by atoms with Gasteiger partial charge in [0, 0.05) is 37.0 Å². The van der Waals surface area contributed by atoms with Crippen LogP contribution in [0.3, 0.4) is 0 Å². The van der Waals surface area contributed by atoms with Crippen molar-refractivity contribution in [2.45, 2.75) is 37.6 Å². The molecule has 2 aromatic heterocycles. The first-order valence-corrected chi connectivity index (χ1v) is 11.7. The Morgan fingerprint density at radius 1 is 1.28 bits per heavy atom. The van der Waals surface area contributed by atoms with E-state index in [4.69, 9.17) is 10.7 Å². The minimum Gasteiger partial charge on any atom is -0.382 e. The number of nitrogen functional groups attached to an aromatic ring is 1. The molecule has 0 amide bonds. The third kappa shape index (κ3) is 4.93. The monoisotopic (exact) mass is 477 g/mol. The van der Waals surface area contributed by atoms with E-state index in [1.807, 2.05) is 27.1 Å². The number of halogens is 1. The maximum absolute atomic E-state index is 12.9. The highest BCUT2D eigenvalue weighted by molar-refractivity contribution is 7.89. The highest BCUT2D eigenvalue weighted by Gasteiger charge is 2.21. The molecule has 32 heavy (non-hydrogen) atoms. The molecule has 4 N–H and O–H groups in total. The number of nitrogens with two attached hydrogens (primary N) is 1. The summed E-state index contributed by atoms with van der Waals surface area (Å²) in [7, 11) is -1.82. The summed E-state index contributed by atoms with van der Waals surface area (Å²) in [4.78, 5) is 9.22. The molecule has 9 nitrogen and oxygen atoms in total. The summed E-state index contributed by atoms with van der Waals surface area (Å²) < 4.78 is 30.1. The predicted molar refractivity (Wildman–Crippen MR) is 127 cm³/mol. The average Bonchev–Trinajstić information content (AvgIpc) is 3.36. The molecular weight excluding hydrogens is 450 g/mol. The Kier molecular flexibility index (Phi) is 7.19. The number of sulfonamides is 1. The first kappa shape index (κ1) is 24.1. The van der Waals surface area contributed by atoms with Gasteiger partial charge >= 0.3 is 0 Å². The van der Waals surface area contributed by atoms with Gasteiger partial charge in [0.05, 0.1) is 22.5 Å². The zero-order valence-electron chi connectivity index (χ0n) is 18.3. The van der Waals surface area contributed by atoms with Gasteiger partial charge in [-0.15, -0.1) is 12.4 Å².